The summed E-state index contributed by atoms with van der Waals surface area (Å²) < 4.78 is 9.25. The minimum atomic E-state index is 0.413. The van der Waals surface area contributed by atoms with Crippen LogP contribution < -0.4 is 4.74 Å². The maximum atomic E-state index is 9.05. The van der Waals surface area contributed by atoms with Crippen molar-refractivity contribution in [3.8, 4) is 11.8 Å². The quantitative estimate of drug-likeness (QED) is 0.477. The molecule has 2 aromatic carbocycles. The Morgan fingerprint density at radius 2 is 1.68 bits per heavy atom. The highest BCUT2D eigenvalue weighted by Gasteiger charge is 2.09. The van der Waals surface area contributed by atoms with Crippen LogP contribution in [-0.2, 0) is 6.61 Å². The van der Waals surface area contributed by atoms with E-state index in [-0.39, 0.29) is 0 Å². The first-order valence-corrected chi connectivity index (χ1v) is 8.61. The lowest BCUT2D eigenvalue weighted by atomic mass is 10.1. The van der Waals surface area contributed by atoms with E-state index in [1.807, 2.05) is 24.3 Å². The van der Waals surface area contributed by atoms with Gasteiger partial charge >= 0.3 is 0 Å². The molecule has 0 saturated carbocycles. The monoisotopic (exact) mass is 587 g/mol. The fourth-order valence-electron chi connectivity index (χ4n) is 1.57. The number of rotatable bonds is 3. The Kier molecular flexibility index (Phi) is 5.70. The summed E-state index contributed by atoms with van der Waals surface area (Å²) in [5.41, 5.74) is 1.58. The van der Waals surface area contributed by atoms with Gasteiger partial charge in [-0.15, -0.1) is 0 Å². The van der Waals surface area contributed by atoms with Gasteiger partial charge in [-0.1, -0.05) is 18.2 Å². The van der Waals surface area contributed by atoms with Crippen LogP contribution in [0.5, 0.6) is 5.75 Å². The number of halogens is 3. The Labute approximate surface area is 153 Å². The standard InChI is InChI=1S/C14H8I3NO/c15-11-5-12(16)14(13(17)6-11)19-8-10-4-2-1-3-9(10)7-18/h1-6H,8H2. The summed E-state index contributed by atoms with van der Waals surface area (Å²) in [7, 11) is 0. The lowest BCUT2D eigenvalue weighted by Crippen LogP contribution is -2.01. The van der Waals surface area contributed by atoms with Crippen molar-refractivity contribution >= 4 is 67.8 Å². The number of nitrogens with zero attached hydrogens (tertiary/aromatic N) is 1. The molecule has 2 rings (SSSR count). The second-order valence-corrected chi connectivity index (χ2v) is 7.33. The summed E-state index contributed by atoms with van der Waals surface area (Å²) in [5, 5.41) is 9.05. The molecule has 0 aromatic heterocycles. The Balaban J connectivity index is 2.22. The molecule has 0 N–H and O–H groups in total. The molecule has 0 saturated heterocycles. The first-order valence-electron chi connectivity index (χ1n) is 5.37. The van der Waals surface area contributed by atoms with Crippen molar-refractivity contribution in [1.29, 1.82) is 5.26 Å². The van der Waals surface area contributed by atoms with Gasteiger partial charge in [0.1, 0.15) is 12.4 Å². The Morgan fingerprint density at radius 3 is 2.32 bits per heavy atom. The third kappa shape index (κ3) is 3.95. The molecule has 0 amide bonds. The third-order valence-electron chi connectivity index (χ3n) is 2.47. The molecule has 0 fully saturated rings. The molecule has 0 aliphatic heterocycles. The minimum Gasteiger partial charge on any atom is -0.487 e. The summed E-state index contributed by atoms with van der Waals surface area (Å²) in [6.07, 6.45) is 0. The van der Waals surface area contributed by atoms with Gasteiger partial charge in [0.15, 0.2) is 0 Å². The SMILES string of the molecule is N#Cc1ccccc1COc1c(I)cc(I)cc1I. The average Bonchev–Trinajstić information content (AvgIpc) is 2.38. The van der Waals surface area contributed by atoms with Gasteiger partial charge < -0.3 is 4.74 Å². The molecule has 0 atom stereocenters. The second-order valence-electron chi connectivity index (χ2n) is 3.76. The molecule has 0 spiro atoms. The van der Waals surface area contributed by atoms with Crippen LogP contribution in [0, 0.1) is 22.0 Å². The molecular formula is C14H8I3NO. The van der Waals surface area contributed by atoms with Crippen molar-refractivity contribution in [2.24, 2.45) is 0 Å². The summed E-state index contributed by atoms with van der Waals surface area (Å²) in [6.45, 7) is 0.413. The first kappa shape index (κ1) is 15.3. The lowest BCUT2D eigenvalue weighted by Gasteiger charge is -2.11. The van der Waals surface area contributed by atoms with Gasteiger partial charge in [-0.25, -0.2) is 0 Å². The van der Waals surface area contributed by atoms with E-state index in [0.29, 0.717) is 12.2 Å². The van der Waals surface area contributed by atoms with Crippen molar-refractivity contribution < 1.29 is 4.74 Å². The molecule has 0 bridgehead atoms. The van der Waals surface area contributed by atoms with E-state index < -0.39 is 0 Å². The minimum absolute atomic E-state index is 0.413. The van der Waals surface area contributed by atoms with Crippen molar-refractivity contribution in [3.63, 3.8) is 0 Å². The van der Waals surface area contributed by atoms with Gasteiger partial charge in [0, 0.05) is 9.13 Å². The van der Waals surface area contributed by atoms with Crippen LogP contribution in [0.4, 0.5) is 0 Å². The van der Waals surface area contributed by atoms with Crippen LogP contribution in [-0.4, -0.2) is 0 Å². The van der Waals surface area contributed by atoms with Crippen molar-refractivity contribution in [1.82, 2.24) is 0 Å². The predicted octanol–water partition coefficient (Wildman–Crippen LogP) is 4.95. The molecular weight excluding hydrogens is 579 g/mol. The van der Waals surface area contributed by atoms with Crippen LogP contribution in [0.1, 0.15) is 11.1 Å². The first-order chi connectivity index (χ1) is 9.11. The Morgan fingerprint density at radius 1 is 1.05 bits per heavy atom. The summed E-state index contributed by atoms with van der Waals surface area (Å²) >= 11 is 6.84. The van der Waals surface area contributed by atoms with Gasteiger partial charge in [-0.2, -0.15) is 5.26 Å². The number of hydrogen-bond donors (Lipinski definition) is 0. The normalized spacial score (nSPS) is 10.0. The topological polar surface area (TPSA) is 33.0 Å². The average molecular weight is 587 g/mol. The lowest BCUT2D eigenvalue weighted by molar-refractivity contribution is 0.301. The van der Waals surface area contributed by atoms with Crippen molar-refractivity contribution in [2.45, 2.75) is 6.61 Å². The number of benzene rings is 2. The maximum absolute atomic E-state index is 9.05. The highest BCUT2D eigenvalue weighted by atomic mass is 127. The summed E-state index contributed by atoms with van der Waals surface area (Å²) in [6, 6.07) is 13.9. The molecule has 5 heteroatoms. The highest BCUT2D eigenvalue weighted by molar-refractivity contribution is 14.1. The van der Waals surface area contributed by atoms with Crippen LogP contribution in [0.2, 0.25) is 0 Å². The van der Waals surface area contributed by atoms with E-state index in [9.17, 15) is 0 Å². The third-order valence-corrected chi connectivity index (χ3v) is 4.70. The zero-order valence-corrected chi connectivity index (χ0v) is 16.1. The van der Waals surface area contributed by atoms with Gasteiger partial charge in [0.05, 0.1) is 18.8 Å². The number of ether oxygens (including phenoxy) is 1. The van der Waals surface area contributed by atoms with Crippen molar-refractivity contribution in [3.05, 3.63) is 58.2 Å². The molecule has 96 valence electrons. The van der Waals surface area contributed by atoms with E-state index in [4.69, 9.17) is 10.00 Å². The summed E-state index contributed by atoms with van der Waals surface area (Å²) in [5.74, 6) is 0.884. The highest BCUT2D eigenvalue weighted by Crippen LogP contribution is 2.30. The molecule has 19 heavy (non-hydrogen) atoms. The number of nitriles is 1. The number of hydrogen-bond acceptors (Lipinski definition) is 2. The molecule has 0 radical (unpaired) electrons. The fraction of sp³-hybridized carbons (Fsp3) is 0.0714. The largest absolute Gasteiger partial charge is 0.487 e. The van der Waals surface area contributed by atoms with Crippen molar-refractivity contribution in [2.75, 3.05) is 0 Å². The molecule has 2 nitrogen and oxygen atoms in total. The molecule has 0 aliphatic carbocycles. The van der Waals surface area contributed by atoms with E-state index in [0.717, 1.165) is 18.5 Å². The van der Waals surface area contributed by atoms with Gasteiger partial charge in [0.2, 0.25) is 0 Å². The van der Waals surface area contributed by atoms with Gasteiger partial charge in [-0.05, 0) is 86.0 Å². The van der Waals surface area contributed by atoms with Crippen LogP contribution in [0.15, 0.2) is 36.4 Å². The van der Waals surface area contributed by atoms with E-state index >= 15 is 0 Å². The molecule has 0 heterocycles. The smallest absolute Gasteiger partial charge is 0.146 e. The van der Waals surface area contributed by atoms with Crippen LogP contribution >= 0.6 is 67.8 Å². The maximum Gasteiger partial charge on any atom is 0.146 e. The van der Waals surface area contributed by atoms with Crippen LogP contribution in [0.3, 0.4) is 0 Å². The Hall–Kier alpha value is -0.0800. The molecule has 0 aliphatic rings. The summed E-state index contributed by atoms with van der Waals surface area (Å²) in [4.78, 5) is 0. The second kappa shape index (κ2) is 7.08. The zero-order chi connectivity index (χ0) is 13.8. The molecule has 0 unspecified atom stereocenters. The fourth-order valence-corrected chi connectivity index (χ4v) is 5.47. The zero-order valence-electron chi connectivity index (χ0n) is 9.66. The van der Waals surface area contributed by atoms with Gasteiger partial charge in [0.25, 0.3) is 0 Å². The van der Waals surface area contributed by atoms with E-state index in [1.54, 1.807) is 0 Å². The predicted molar refractivity (Wildman–Crippen MR) is 100 cm³/mol. The Bertz CT molecular complexity index is 626. The van der Waals surface area contributed by atoms with Gasteiger partial charge in [-0.3, -0.25) is 0 Å². The van der Waals surface area contributed by atoms with E-state index in [1.165, 1.54) is 3.57 Å². The molecule has 2 aromatic rings. The van der Waals surface area contributed by atoms with E-state index in [2.05, 4.69) is 86.0 Å². The van der Waals surface area contributed by atoms with Crippen LogP contribution in [0.25, 0.3) is 0 Å².